The summed E-state index contributed by atoms with van der Waals surface area (Å²) in [7, 11) is 0. The summed E-state index contributed by atoms with van der Waals surface area (Å²) in [5.41, 5.74) is 2.74. The van der Waals surface area contributed by atoms with E-state index in [2.05, 4.69) is 34.9 Å². The molecule has 1 aliphatic heterocycles. The second-order valence-corrected chi connectivity index (χ2v) is 6.89. The largest absolute Gasteiger partial charge is 0.378 e. The highest BCUT2D eigenvalue weighted by Gasteiger charge is 2.38. The summed E-state index contributed by atoms with van der Waals surface area (Å²) in [6, 6.07) is 8.98. The van der Waals surface area contributed by atoms with Gasteiger partial charge in [0.05, 0.1) is 6.10 Å². The summed E-state index contributed by atoms with van der Waals surface area (Å²) in [4.78, 5) is 12.3. The predicted octanol–water partition coefficient (Wildman–Crippen LogP) is 2.41. The number of benzene rings is 1. The standard InChI is InChI=1S/C18H24N2O2/c21-18(19-14-10-12-4-1-2-5-13(12)11-14)20-16-6-3-7-17-15(16)8-9-22-17/h1-2,4-5,14-17H,3,6-11H2,(H2,19,20,21). The Morgan fingerprint density at radius 3 is 2.59 bits per heavy atom. The van der Waals surface area contributed by atoms with E-state index in [0.717, 1.165) is 45.1 Å². The van der Waals surface area contributed by atoms with E-state index in [0.29, 0.717) is 12.0 Å². The van der Waals surface area contributed by atoms with Crippen LogP contribution in [0.1, 0.15) is 36.8 Å². The van der Waals surface area contributed by atoms with Gasteiger partial charge in [-0.25, -0.2) is 4.79 Å². The quantitative estimate of drug-likeness (QED) is 0.881. The molecule has 0 radical (unpaired) electrons. The first-order chi connectivity index (χ1) is 10.8. The molecular weight excluding hydrogens is 276 g/mol. The van der Waals surface area contributed by atoms with Gasteiger partial charge in [0.25, 0.3) is 0 Å². The second-order valence-electron chi connectivity index (χ2n) is 6.89. The molecule has 3 unspecified atom stereocenters. The van der Waals surface area contributed by atoms with E-state index in [1.54, 1.807) is 0 Å². The van der Waals surface area contributed by atoms with E-state index in [1.165, 1.54) is 11.1 Å². The number of fused-ring (bicyclic) bond motifs is 2. The predicted molar refractivity (Wildman–Crippen MR) is 84.8 cm³/mol. The van der Waals surface area contributed by atoms with Gasteiger partial charge in [0.2, 0.25) is 0 Å². The second kappa shape index (κ2) is 5.92. The normalized spacial score (nSPS) is 30.6. The Morgan fingerprint density at radius 2 is 1.82 bits per heavy atom. The summed E-state index contributed by atoms with van der Waals surface area (Å²) in [5.74, 6) is 0.514. The van der Waals surface area contributed by atoms with Crippen LogP contribution in [0.25, 0.3) is 0 Å². The van der Waals surface area contributed by atoms with E-state index in [-0.39, 0.29) is 18.1 Å². The molecule has 4 heteroatoms. The van der Waals surface area contributed by atoms with Crippen molar-refractivity contribution in [1.29, 1.82) is 0 Å². The summed E-state index contributed by atoms with van der Waals surface area (Å²) in [5, 5.41) is 6.38. The van der Waals surface area contributed by atoms with Gasteiger partial charge in [-0.1, -0.05) is 24.3 Å². The number of carbonyl (C=O) groups excluding carboxylic acids is 1. The molecule has 1 heterocycles. The summed E-state index contributed by atoms with van der Waals surface area (Å²) >= 11 is 0. The molecule has 2 fully saturated rings. The maximum Gasteiger partial charge on any atom is 0.315 e. The first kappa shape index (κ1) is 14.1. The van der Waals surface area contributed by atoms with Gasteiger partial charge >= 0.3 is 6.03 Å². The van der Waals surface area contributed by atoms with Crippen LogP contribution in [0.2, 0.25) is 0 Å². The van der Waals surface area contributed by atoms with Gasteiger partial charge in [0.15, 0.2) is 0 Å². The first-order valence-electron chi connectivity index (χ1n) is 8.55. The molecule has 1 saturated carbocycles. The highest BCUT2D eigenvalue weighted by atomic mass is 16.5. The number of amides is 2. The van der Waals surface area contributed by atoms with E-state index in [9.17, 15) is 4.79 Å². The molecule has 3 atom stereocenters. The number of carbonyl (C=O) groups is 1. The van der Waals surface area contributed by atoms with E-state index in [4.69, 9.17) is 4.74 Å². The number of nitrogens with one attached hydrogen (secondary N) is 2. The molecule has 1 aromatic rings. The number of urea groups is 1. The Balaban J connectivity index is 1.32. The Hall–Kier alpha value is -1.55. The Kier molecular flexibility index (Phi) is 3.78. The first-order valence-corrected chi connectivity index (χ1v) is 8.55. The van der Waals surface area contributed by atoms with E-state index >= 15 is 0 Å². The molecule has 4 rings (SSSR count). The lowest BCUT2D eigenvalue weighted by Crippen LogP contribution is -2.51. The molecular formula is C18H24N2O2. The van der Waals surface area contributed by atoms with Crippen molar-refractivity contribution in [3.63, 3.8) is 0 Å². The van der Waals surface area contributed by atoms with Crippen molar-refractivity contribution in [3.8, 4) is 0 Å². The minimum absolute atomic E-state index is 0.00430. The highest BCUT2D eigenvalue weighted by Crippen LogP contribution is 2.34. The molecule has 2 amide bonds. The summed E-state index contributed by atoms with van der Waals surface area (Å²) in [6.07, 6.45) is 6.75. The van der Waals surface area contributed by atoms with Crippen LogP contribution < -0.4 is 10.6 Å². The molecule has 3 aliphatic rings. The summed E-state index contributed by atoms with van der Waals surface area (Å²) < 4.78 is 5.77. The van der Waals surface area contributed by atoms with Crippen LogP contribution in [-0.4, -0.2) is 30.8 Å². The van der Waals surface area contributed by atoms with Crippen LogP contribution in [0.5, 0.6) is 0 Å². The van der Waals surface area contributed by atoms with Gasteiger partial charge in [-0.05, 0) is 49.7 Å². The van der Waals surface area contributed by atoms with Gasteiger partial charge in [-0.2, -0.15) is 0 Å². The number of ether oxygens (including phenoxy) is 1. The molecule has 118 valence electrons. The van der Waals surface area contributed by atoms with E-state index < -0.39 is 0 Å². The van der Waals surface area contributed by atoms with E-state index in [1.807, 2.05) is 0 Å². The maximum absolute atomic E-state index is 12.3. The fourth-order valence-corrected chi connectivity index (χ4v) is 4.41. The van der Waals surface area contributed by atoms with Gasteiger partial charge < -0.3 is 15.4 Å². The van der Waals surface area contributed by atoms with Crippen LogP contribution in [0.3, 0.4) is 0 Å². The molecule has 0 aromatic heterocycles. The van der Waals surface area contributed by atoms with Gasteiger partial charge in [-0.15, -0.1) is 0 Å². The van der Waals surface area contributed by atoms with Crippen molar-refractivity contribution in [3.05, 3.63) is 35.4 Å². The highest BCUT2D eigenvalue weighted by molar-refractivity contribution is 5.75. The van der Waals surface area contributed by atoms with Gasteiger partial charge in [0.1, 0.15) is 0 Å². The van der Waals surface area contributed by atoms with Crippen LogP contribution in [-0.2, 0) is 17.6 Å². The average Bonchev–Trinajstić information content (AvgIpc) is 3.12. The van der Waals surface area contributed by atoms with Gasteiger partial charge in [0, 0.05) is 24.6 Å². The lowest BCUT2D eigenvalue weighted by atomic mass is 9.82. The van der Waals surface area contributed by atoms with Crippen molar-refractivity contribution in [1.82, 2.24) is 10.6 Å². The third kappa shape index (κ3) is 2.72. The molecule has 0 spiro atoms. The zero-order chi connectivity index (χ0) is 14.9. The topological polar surface area (TPSA) is 50.4 Å². The smallest absolute Gasteiger partial charge is 0.315 e. The van der Waals surface area contributed by atoms with Crippen LogP contribution in [0, 0.1) is 5.92 Å². The fraction of sp³-hybridized carbons (Fsp3) is 0.611. The SMILES string of the molecule is O=C(NC1Cc2ccccc2C1)NC1CCCC2OCCC12. The lowest BCUT2D eigenvalue weighted by Gasteiger charge is -2.33. The average molecular weight is 300 g/mol. The molecule has 22 heavy (non-hydrogen) atoms. The van der Waals surface area contributed by atoms with Crippen LogP contribution in [0.15, 0.2) is 24.3 Å². The molecule has 1 saturated heterocycles. The Labute approximate surface area is 131 Å². The van der Waals surface area contributed by atoms with Gasteiger partial charge in [-0.3, -0.25) is 0 Å². The van der Waals surface area contributed by atoms with Crippen LogP contribution >= 0.6 is 0 Å². The Bertz CT molecular complexity index is 535. The molecule has 2 aliphatic carbocycles. The third-order valence-corrected chi connectivity index (χ3v) is 5.48. The monoisotopic (exact) mass is 300 g/mol. The molecule has 0 bridgehead atoms. The van der Waals surface area contributed by atoms with Crippen molar-refractivity contribution in [2.45, 2.75) is 56.7 Å². The molecule has 2 N–H and O–H groups in total. The fourth-order valence-electron chi connectivity index (χ4n) is 4.41. The molecule has 4 nitrogen and oxygen atoms in total. The van der Waals surface area contributed by atoms with Crippen molar-refractivity contribution in [2.75, 3.05) is 6.61 Å². The molecule has 1 aromatic carbocycles. The zero-order valence-corrected chi connectivity index (χ0v) is 12.9. The summed E-state index contributed by atoms with van der Waals surface area (Å²) in [6.45, 7) is 0.854. The maximum atomic E-state index is 12.3. The van der Waals surface area contributed by atoms with Crippen molar-refractivity contribution >= 4 is 6.03 Å². The minimum atomic E-state index is -0.00430. The number of hydrogen-bond donors (Lipinski definition) is 2. The third-order valence-electron chi connectivity index (χ3n) is 5.48. The minimum Gasteiger partial charge on any atom is -0.378 e. The van der Waals surface area contributed by atoms with Crippen LogP contribution in [0.4, 0.5) is 4.79 Å². The van der Waals surface area contributed by atoms with Crippen molar-refractivity contribution < 1.29 is 9.53 Å². The number of rotatable bonds is 2. The Morgan fingerprint density at radius 1 is 1.05 bits per heavy atom. The zero-order valence-electron chi connectivity index (χ0n) is 12.9. The van der Waals surface area contributed by atoms with Crippen molar-refractivity contribution in [2.24, 2.45) is 5.92 Å². The lowest BCUT2D eigenvalue weighted by molar-refractivity contribution is 0.0549. The number of hydrogen-bond acceptors (Lipinski definition) is 2.